The largest absolute Gasteiger partial charge is 0.481 e. The van der Waals surface area contributed by atoms with E-state index in [1.807, 2.05) is 49.5 Å². The zero-order chi connectivity index (χ0) is 48.4. The van der Waals surface area contributed by atoms with E-state index in [2.05, 4.69) is 0 Å². The molecule has 370 valence electrons. The van der Waals surface area contributed by atoms with E-state index in [1.165, 1.54) is 13.0 Å². The molecule has 2 saturated heterocycles. The molecule has 18 nitrogen and oxygen atoms in total. The first kappa shape index (κ1) is 56.1. The second-order valence-corrected chi connectivity index (χ2v) is 17.8. The number of hydrogen-bond acceptors (Lipinski definition) is 17. The molecular weight excluding hydrogens is 851 g/mol. The number of fused-ring (bicyclic) bond motifs is 2. The van der Waals surface area contributed by atoms with Crippen molar-refractivity contribution in [2.24, 2.45) is 23.5 Å². The van der Waals surface area contributed by atoms with Crippen molar-refractivity contribution in [1.82, 2.24) is 0 Å². The number of rotatable bonds is 3. The van der Waals surface area contributed by atoms with Gasteiger partial charge in [-0.1, -0.05) is 86.8 Å². The Balaban J connectivity index is 1.84. The molecule has 3 rings (SSSR count). The summed E-state index contributed by atoms with van der Waals surface area (Å²) in [5.41, 5.74) is 6.02. The first-order chi connectivity index (χ1) is 30.6. The van der Waals surface area contributed by atoms with Crippen LogP contribution in [0.25, 0.3) is 0 Å². The zero-order valence-electron chi connectivity index (χ0n) is 37.8. The molecule has 0 amide bonds. The number of carboxylic acid groups (broad SMARTS) is 1. The lowest BCUT2D eigenvalue weighted by Gasteiger charge is -2.45. The number of allylic oxidation sites excluding steroid dienone is 10. The van der Waals surface area contributed by atoms with Crippen molar-refractivity contribution in [1.29, 1.82) is 0 Å². The van der Waals surface area contributed by atoms with E-state index in [9.17, 15) is 65.8 Å². The predicted octanol–water partition coefficient (Wildman–Crippen LogP) is 0.936. The lowest BCUT2D eigenvalue weighted by molar-refractivity contribution is -0.310. The Bertz CT molecular complexity index is 1620. The molecule has 0 aromatic heterocycles. The van der Waals surface area contributed by atoms with Gasteiger partial charge in [-0.25, -0.2) is 0 Å². The van der Waals surface area contributed by atoms with Gasteiger partial charge in [0.15, 0.2) is 12.1 Å². The number of carboxylic acids is 1. The lowest BCUT2D eigenvalue weighted by Crippen LogP contribution is -2.61. The Morgan fingerprint density at radius 2 is 1.28 bits per heavy atom. The molecule has 0 unspecified atom stereocenters. The summed E-state index contributed by atoms with van der Waals surface area (Å²) >= 11 is 0. The van der Waals surface area contributed by atoms with E-state index >= 15 is 0 Å². The Hall–Kier alpha value is -3.18. The summed E-state index contributed by atoms with van der Waals surface area (Å²) in [6.45, 7) is 6.78. The molecule has 0 aromatic carbocycles. The minimum Gasteiger partial charge on any atom is -0.481 e. The standard InChI is InChI=1S/C47H75NO17/c1-27-17-15-13-11-9-7-5-6-8-10-12-14-16-18-34(64-46-44(58)41(48)43(57)30(4)63-46)24-38-40(45(59)60)37(54)26-47(61,65-38)25-36(53)35(52)20-19-31(49)21-32(50)22-33(51)23-39(55)62-29(3)28(2)42(27)56/h5-6,8,10-18,27-38,40-44,46,49-54,56-58,61H,7,9,19-26,48H2,1-4H3,(H,59,60)/b6-5+,10-8+,13-11+,14-12+,17-15+,18-16+/t27-,28+,29-,30+,31+,32+,33+,34-,35+,36+,37-,38-,40+,41-,42+,43+,44-,46-,47+/m0/s1. The fourth-order valence-electron chi connectivity index (χ4n) is 8.11. The number of aliphatic hydroxyl groups excluding tert-OH is 9. The van der Waals surface area contributed by atoms with Crippen molar-refractivity contribution in [3.63, 3.8) is 0 Å². The second kappa shape index (κ2) is 27.6. The van der Waals surface area contributed by atoms with Gasteiger partial charge in [-0.05, 0) is 52.4 Å². The quantitative estimate of drug-likeness (QED) is 0.175. The van der Waals surface area contributed by atoms with Crippen LogP contribution in [0, 0.1) is 17.8 Å². The third-order valence-electron chi connectivity index (χ3n) is 12.2. The molecule has 0 aliphatic carbocycles. The molecule has 0 spiro atoms. The van der Waals surface area contributed by atoms with E-state index in [-0.39, 0.29) is 38.0 Å². The Morgan fingerprint density at radius 1 is 0.692 bits per heavy atom. The van der Waals surface area contributed by atoms with Gasteiger partial charge < -0.3 is 80.9 Å². The predicted molar refractivity (Wildman–Crippen MR) is 237 cm³/mol. The average molecular weight is 926 g/mol. The van der Waals surface area contributed by atoms with Gasteiger partial charge in [-0.3, -0.25) is 9.59 Å². The van der Waals surface area contributed by atoms with Crippen LogP contribution in [0.2, 0.25) is 0 Å². The first-order valence-electron chi connectivity index (χ1n) is 22.6. The summed E-state index contributed by atoms with van der Waals surface area (Å²) in [5, 5.41) is 118. The van der Waals surface area contributed by atoms with E-state index in [0.717, 1.165) is 12.8 Å². The number of carbonyl (C=O) groups is 2. The summed E-state index contributed by atoms with van der Waals surface area (Å²) in [4.78, 5) is 25.1. The highest BCUT2D eigenvalue weighted by molar-refractivity contribution is 5.71. The molecule has 3 aliphatic rings. The summed E-state index contributed by atoms with van der Waals surface area (Å²) in [7, 11) is 0. The smallest absolute Gasteiger partial charge is 0.311 e. The molecule has 13 N–H and O–H groups in total. The van der Waals surface area contributed by atoms with Crippen LogP contribution in [0.15, 0.2) is 72.9 Å². The van der Waals surface area contributed by atoms with Crippen molar-refractivity contribution < 1.29 is 84.7 Å². The lowest BCUT2D eigenvalue weighted by atomic mass is 9.82. The normalized spacial score (nSPS) is 45.2. The van der Waals surface area contributed by atoms with Crippen LogP contribution in [0.4, 0.5) is 0 Å². The van der Waals surface area contributed by atoms with E-state index in [0.29, 0.717) is 0 Å². The SMILES string of the molecule is C[C@H]1[C@H](O)[C@@H](C)/C=C/C=C/CC/C=C/C=C/C=C/C=C/[C@H](O[C@@H]2O[C@H](C)[C@@H](O)[C@H](N)[C@@H]2O)C[C@@H]2O[C@](O)(C[C@@H](O)[C@H](O)CC[C@@H](O)C[C@@H](O)C[C@@H](O)CC(=O)O[C@H]1C)C[C@H](O)[C@H]2C(=O)O. The van der Waals surface area contributed by atoms with Gasteiger partial charge in [0.05, 0.1) is 79.6 Å². The molecule has 18 heteroatoms. The monoisotopic (exact) mass is 926 g/mol. The van der Waals surface area contributed by atoms with Crippen molar-refractivity contribution in [2.45, 2.75) is 189 Å². The summed E-state index contributed by atoms with van der Waals surface area (Å²) in [6.07, 6.45) is 2.28. The molecular formula is C47H75NO17. The van der Waals surface area contributed by atoms with Gasteiger partial charge in [0.1, 0.15) is 18.1 Å². The van der Waals surface area contributed by atoms with Crippen LogP contribution in [0.3, 0.4) is 0 Å². The van der Waals surface area contributed by atoms with Crippen LogP contribution in [0.5, 0.6) is 0 Å². The number of cyclic esters (lactones) is 1. The number of nitrogens with two attached hydrogens (primary N) is 1. The van der Waals surface area contributed by atoms with E-state index in [1.54, 1.807) is 38.2 Å². The van der Waals surface area contributed by atoms with Crippen LogP contribution in [-0.4, -0.2) is 166 Å². The van der Waals surface area contributed by atoms with Crippen molar-refractivity contribution >= 4 is 11.9 Å². The number of aliphatic carboxylic acids is 1. The fourth-order valence-corrected chi connectivity index (χ4v) is 8.11. The maximum Gasteiger partial charge on any atom is 0.311 e. The third-order valence-corrected chi connectivity index (χ3v) is 12.2. The van der Waals surface area contributed by atoms with Crippen LogP contribution < -0.4 is 5.73 Å². The van der Waals surface area contributed by atoms with E-state index in [4.69, 9.17) is 24.7 Å². The average Bonchev–Trinajstić information content (AvgIpc) is 3.21. The highest BCUT2D eigenvalue weighted by Gasteiger charge is 2.51. The van der Waals surface area contributed by atoms with Crippen LogP contribution >= 0.6 is 0 Å². The minimum absolute atomic E-state index is 0.138. The van der Waals surface area contributed by atoms with Crippen molar-refractivity contribution in [3.8, 4) is 0 Å². The maximum absolute atomic E-state index is 12.6. The van der Waals surface area contributed by atoms with Gasteiger partial charge in [0.2, 0.25) is 0 Å². The highest BCUT2D eigenvalue weighted by atomic mass is 16.7. The first-order valence-corrected chi connectivity index (χ1v) is 22.6. The summed E-state index contributed by atoms with van der Waals surface area (Å²) < 4.78 is 23.2. The topological polar surface area (TPSA) is 320 Å². The van der Waals surface area contributed by atoms with Crippen LogP contribution in [-0.2, 0) is 28.5 Å². The molecule has 3 heterocycles. The maximum atomic E-state index is 12.6. The molecule has 19 atom stereocenters. The molecule has 0 radical (unpaired) electrons. The third kappa shape index (κ3) is 18.8. The van der Waals surface area contributed by atoms with Gasteiger partial charge in [0, 0.05) is 31.1 Å². The second-order valence-electron chi connectivity index (χ2n) is 17.8. The Kier molecular flexibility index (Phi) is 23.8. The molecule has 0 aromatic rings. The van der Waals surface area contributed by atoms with Gasteiger partial charge in [0.25, 0.3) is 0 Å². The highest BCUT2D eigenvalue weighted by Crippen LogP contribution is 2.38. The van der Waals surface area contributed by atoms with Gasteiger partial charge in [-0.2, -0.15) is 0 Å². The number of carbonyl (C=O) groups excluding carboxylic acids is 1. The molecule has 3 aliphatic heterocycles. The minimum atomic E-state index is -2.35. The van der Waals surface area contributed by atoms with Crippen molar-refractivity contribution in [3.05, 3.63) is 72.9 Å². The van der Waals surface area contributed by atoms with Gasteiger partial charge in [-0.15, -0.1) is 0 Å². The summed E-state index contributed by atoms with van der Waals surface area (Å²) in [6, 6.07) is -1.14. The van der Waals surface area contributed by atoms with E-state index < -0.39 is 141 Å². The molecule has 2 fully saturated rings. The molecule has 0 saturated carbocycles. The molecule has 2 bridgehead atoms. The number of ether oxygens (including phenoxy) is 4. The number of aliphatic hydroxyl groups is 10. The van der Waals surface area contributed by atoms with Gasteiger partial charge >= 0.3 is 11.9 Å². The Labute approximate surface area is 381 Å². The van der Waals surface area contributed by atoms with Crippen LogP contribution in [0.1, 0.15) is 91.9 Å². The summed E-state index contributed by atoms with van der Waals surface area (Å²) in [5.74, 6) is -6.82. The molecule has 65 heavy (non-hydrogen) atoms. The number of hydrogen-bond donors (Lipinski definition) is 12. The zero-order valence-corrected chi connectivity index (χ0v) is 37.8. The number of esters is 1. The fraction of sp³-hybridized carbons (Fsp3) is 0.702. The Morgan fingerprint density at radius 3 is 1.94 bits per heavy atom. The van der Waals surface area contributed by atoms with Crippen molar-refractivity contribution in [2.75, 3.05) is 0 Å².